The van der Waals surface area contributed by atoms with Crippen LogP contribution in [-0.4, -0.2) is 28.9 Å². The lowest BCUT2D eigenvalue weighted by Crippen LogP contribution is -2.58. The number of para-hydroxylation sites is 2. The van der Waals surface area contributed by atoms with Crippen molar-refractivity contribution in [3.05, 3.63) is 54.1 Å². The van der Waals surface area contributed by atoms with Crippen molar-refractivity contribution in [3.8, 4) is 22.9 Å². The van der Waals surface area contributed by atoms with Crippen LogP contribution in [0.25, 0.3) is 11.3 Å². The predicted octanol–water partition coefficient (Wildman–Crippen LogP) is 2.54. The lowest BCUT2D eigenvalue weighted by atomic mass is 10.0. The van der Waals surface area contributed by atoms with Gasteiger partial charge in [-0.3, -0.25) is 4.79 Å². The molecule has 0 fully saturated rings. The van der Waals surface area contributed by atoms with Gasteiger partial charge in [0.05, 0.1) is 29.3 Å². The zero-order valence-electron chi connectivity index (χ0n) is 16.3. The van der Waals surface area contributed by atoms with Crippen LogP contribution in [0.5, 0.6) is 11.6 Å². The molecule has 2 aromatic carbocycles. The Kier molecular flexibility index (Phi) is 5.10. The number of hydrogen-bond acceptors (Lipinski definition) is 6. The largest absolute Gasteiger partial charge is 0.854 e. The SMILES string of the molecule is CCOc1ccccc1C1N(C(C)=O)c2ccccc2-c2c([O-])nc(SC)n[n+]21. The molecule has 0 radical (unpaired) electrons. The average Bonchev–Trinajstić information content (AvgIpc) is 2.73. The van der Waals surface area contributed by atoms with E-state index in [1.54, 1.807) is 9.58 Å². The summed E-state index contributed by atoms with van der Waals surface area (Å²) in [6.45, 7) is 3.89. The molecule has 1 aromatic heterocycles. The summed E-state index contributed by atoms with van der Waals surface area (Å²) in [4.78, 5) is 18.6. The Morgan fingerprint density at radius 1 is 1.24 bits per heavy atom. The highest BCUT2D eigenvalue weighted by Gasteiger charge is 2.45. The number of anilines is 1. The maximum atomic E-state index is 13.0. The van der Waals surface area contributed by atoms with Crippen LogP contribution in [0, 0.1) is 0 Å². The van der Waals surface area contributed by atoms with E-state index < -0.39 is 6.17 Å². The number of rotatable bonds is 4. The molecule has 0 N–H and O–H groups in total. The monoisotopic (exact) mass is 408 g/mol. The normalized spacial score (nSPS) is 14.9. The molecule has 1 aliphatic heterocycles. The zero-order chi connectivity index (χ0) is 20.5. The summed E-state index contributed by atoms with van der Waals surface area (Å²) in [5.74, 6) is 0.100. The van der Waals surface area contributed by atoms with Gasteiger partial charge in [0, 0.05) is 12.0 Å². The molecule has 0 aliphatic carbocycles. The van der Waals surface area contributed by atoms with E-state index in [1.165, 1.54) is 18.7 Å². The fourth-order valence-corrected chi connectivity index (χ4v) is 3.97. The first-order valence-electron chi connectivity index (χ1n) is 9.22. The molecule has 7 nitrogen and oxygen atoms in total. The molecule has 1 amide bonds. The molecule has 2 heterocycles. The summed E-state index contributed by atoms with van der Waals surface area (Å²) >= 11 is 1.28. The molecular formula is C21H20N4O3S. The van der Waals surface area contributed by atoms with Crippen LogP contribution in [0.3, 0.4) is 0 Å². The topological polar surface area (TPSA) is 82.3 Å². The first-order chi connectivity index (χ1) is 14.1. The fourth-order valence-electron chi connectivity index (χ4n) is 3.62. The van der Waals surface area contributed by atoms with Crippen molar-refractivity contribution in [1.29, 1.82) is 0 Å². The second-order valence-electron chi connectivity index (χ2n) is 6.45. The maximum Gasteiger partial charge on any atom is 0.296 e. The van der Waals surface area contributed by atoms with E-state index in [1.807, 2.05) is 61.7 Å². The van der Waals surface area contributed by atoms with Crippen molar-refractivity contribution < 1.29 is 19.3 Å². The standard InChI is InChI=1S/C21H20N4O3S/c1-4-28-17-12-8-6-10-15(17)20-24(13(2)26)16-11-7-5-9-14(16)18-19(27)22-21(29-3)23-25(18)20/h5-12,20H,4H2,1-3H3. The Labute approximate surface area is 173 Å². The van der Waals surface area contributed by atoms with E-state index in [-0.39, 0.29) is 11.8 Å². The molecule has 0 saturated carbocycles. The molecule has 148 valence electrons. The molecule has 0 saturated heterocycles. The Morgan fingerprint density at radius 2 is 1.97 bits per heavy atom. The number of ether oxygens (including phenoxy) is 1. The number of carbonyl (C=O) groups excluding carboxylic acids is 1. The third-order valence-corrected chi connectivity index (χ3v) is 5.27. The number of benzene rings is 2. The number of nitrogens with zero attached hydrogens (tertiary/aromatic N) is 4. The molecule has 0 bridgehead atoms. The van der Waals surface area contributed by atoms with Crippen molar-refractivity contribution in [3.63, 3.8) is 0 Å². The summed E-state index contributed by atoms with van der Waals surface area (Å²) in [7, 11) is 0. The molecule has 3 aromatic rings. The van der Waals surface area contributed by atoms with Crippen LogP contribution in [0.4, 0.5) is 5.69 Å². The molecule has 0 spiro atoms. The van der Waals surface area contributed by atoms with Crippen LogP contribution >= 0.6 is 11.8 Å². The minimum Gasteiger partial charge on any atom is -0.854 e. The van der Waals surface area contributed by atoms with Crippen molar-refractivity contribution in [2.45, 2.75) is 25.2 Å². The second-order valence-corrected chi connectivity index (χ2v) is 7.22. The summed E-state index contributed by atoms with van der Waals surface area (Å²) in [6, 6.07) is 14.8. The minimum atomic E-state index is -0.665. The van der Waals surface area contributed by atoms with Gasteiger partial charge in [0.25, 0.3) is 17.0 Å². The van der Waals surface area contributed by atoms with Crippen LogP contribution in [0.1, 0.15) is 25.6 Å². The van der Waals surface area contributed by atoms with Crippen LogP contribution < -0.4 is 19.4 Å². The van der Waals surface area contributed by atoms with Gasteiger partial charge in [-0.1, -0.05) is 40.7 Å². The molecule has 4 rings (SSSR count). The lowest BCUT2D eigenvalue weighted by Gasteiger charge is -2.33. The quantitative estimate of drug-likeness (QED) is 0.487. The third kappa shape index (κ3) is 3.19. The number of aromatic nitrogens is 3. The van der Waals surface area contributed by atoms with Gasteiger partial charge in [0.1, 0.15) is 5.75 Å². The number of thioether (sulfide) groups is 1. The highest BCUT2D eigenvalue weighted by atomic mass is 32.2. The van der Waals surface area contributed by atoms with Crippen molar-refractivity contribution in [2.24, 2.45) is 0 Å². The maximum absolute atomic E-state index is 13.0. The van der Waals surface area contributed by atoms with Gasteiger partial charge in [0.15, 0.2) is 0 Å². The number of hydrogen-bond donors (Lipinski definition) is 0. The summed E-state index contributed by atoms with van der Waals surface area (Å²) in [5.41, 5.74) is 2.38. The molecule has 1 aliphatic rings. The zero-order valence-corrected chi connectivity index (χ0v) is 17.1. The average molecular weight is 408 g/mol. The van der Waals surface area contributed by atoms with Crippen LogP contribution in [0.15, 0.2) is 53.7 Å². The van der Waals surface area contributed by atoms with Gasteiger partial charge < -0.3 is 9.84 Å². The second kappa shape index (κ2) is 7.71. The smallest absolute Gasteiger partial charge is 0.296 e. The number of amides is 1. The summed E-state index contributed by atoms with van der Waals surface area (Å²) < 4.78 is 7.43. The summed E-state index contributed by atoms with van der Waals surface area (Å²) in [6.07, 6.45) is 1.14. The minimum absolute atomic E-state index is 0.163. The number of carbonyl (C=O) groups is 1. The van der Waals surface area contributed by atoms with E-state index in [0.717, 1.165) is 5.56 Å². The van der Waals surface area contributed by atoms with Gasteiger partial charge in [0.2, 0.25) is 5.91 Å². The summed E-state index contributed by atoms with van der Waals surface area (Å²) in [5, 5.41) is 17.9. The highest BCUT2D eigenvalue weighted by molar-refractivity contribution is 7.98. The Hall–Kier alpha value is -3.13. The predicted molar refractivity (Wildman–Crippen MR) is 108 cm³/mol. The fraction of sp³-hybridized carbons (Fsp3) is 0.238. The van der Waals surface area contributed by atoms with Crippen LogP contribution in [-0.2, 0) is 4.79 Å². The van der Waals surface area contributed by atoms with E-state index in [0.29, 0.717) is 34.5 Å². The molecular weight excluding hydrogens is 388 g/mol. The molecule has 8 heteroatoms. The van der Waals surface area contributed by atoms with Crippen molar-refractivity contribution in [1.82, 2.24) is 10.1 Å². The number of fused-ring (bicyclic) bond motifs is 3. The molecule has 29 heavy (non-hydrogen) atoms. The van der Waals surface area contributed by atoms with E-state index >= 15 is 0 Å². The molecule has 1 atom stereocenters. The first-order valence-corrected chi connectivity index (χ1v) is 10.4. The van der Waals surface area contributed by atoms with E-state index in [4.69, 9.17) is 4.74 Å². The van der Waals surface area contributed by atoms with Crippen molar-refractivity contribution >= 4 is 23.4 Å². The highest BCUT2D eigenvalue weighted by Crippen LogP contribution is 2.42. The van der Waals surface area contributed by atoms with Gasteiger partial charge in [-0.05, 0) is 37.4 Å². The van der Waals surface area contributed by atoms with E-state index in [9.17, 15) is 9.90 Å². The van der Waals surface area contributed by atoms with Gasteiger partial charge in [-0.15, -0.1) is 0 Å². The van der Waals surface area contributed by atoms with Crippen molar-refractivity contribution in [2.75, 3.05) is 17.8 Å². The van der Waals surface area contributed by atoms with E-state index in [2.05, 4.69) is 10.1 Å². The lowest BCUT2D eigenvalue weighted by molar-refractivity contribution is -0.764. The Morgan fingerprint density at radius 3 is 2.69 bits per heavy atom. The first kappa shape index (κ1) is 19.2. The Balaban J connectivity index is 2.08. The van der Waals surface area contributed by atoms with Gasteiger partial charge in [-0.25, -0.2) is 9.88 Å². The van der Waals surface area contributed by atoms with Gasteiger partial charge in [-0.2, -0.15) is 0 Å². The Bertz CT molecular complexity index is 1090. The van der Waals surface area contributed by atoms with Crippen LogP contribution in [0.2, 0.25) is 0 Å². The molecule has 1 unspecified atom stereocenters. The third-order valence-electron chi connectivity index (χ3n) is 4.74. The van der Waals surface area contributed by atoms with Gasteiger partial charge >= 0.3 is 0 Å².